The van der Waals surface area contributed by atoms with Crippen LogP contribution in [-0.2, 0) is 19.9 Å². The highest BCUT2D eigenvalue weighted by molar-refractivity contribution is 6.07. The Morgan fingerprint density at radius 2 is 1.83 bits per heavy atom. The van der Waals surface area contributed by atoms with Crippen molar-refractivity contribution in [3.63, 3.8) is 0 Å². The van der Waals surface area contributed by atoms with Gasteiger partial charge in [-0.3, -0.25) is 0 Å². The van der Waals surface area contributed by atoms with Crippen LogP contribution in [0.3, 0.4) is 0 Å². The third-order valence-corrected chi connectivity index (χ3v) is 5.37. The third kappa shape index (κ3) is 4.04. The van der Waals surface area contributed by atoms with Gasteiger partial charge in [-0.1, -0.05) is 43.7 Å². The van der Waals surface area contributed by atoms with E-state index in [9.17, 15) is 0 Å². The van der Waals surface area contributed by atoms with E-state index in [1.165, 1.54) is 5.56 Å². The topological polar surface area (TPSA) is 66.0 Å². The Morgan fingerprint density at radius 1 is 1.00 bits per heavy atom. The largest absolute Gasteiger partial charge is 0.494 e. The molecule has 2 heterocycles. The predicted molar refractivity (Wildman–Crippen MR) is 119 cm³/mol. The van der Waals surface area contributed by atoms with Crippen LogP contribution in [0, 0.1) is 0 Å². The molecule has 5 heteroatoms. The number of imidazole rings is 1. The van der Waals surface area contributed by atoms with Crippen molar-refractivity contribution in [3.05, 3.63) is 59.9 Å². The van der Waals surface area contributed by atoms with Crippen molar-refractivity contribution >= 4 is 27.8 Å². The summed E-state index contributed by atoms with van der Waals surface area (Å²) in [4.78, 5) is 9.33. The Kier molecular flexibility index (Phi) is 5.65. The number of nitrogens with two attached hydrogens (primary N) is 1. The highest BCUT2D eigenvalue weighted by atomic mass is 16.5. The van der Waals surface area contributed by atoms with Gasteiger partial charge in [0.25, 0.3) is 0 Å². The van der Waals surface area contributed by atoms with Crippen molar-refractivity contribution in [3.8, 4) is 5.75 Å². The lowest BCUT2D eigenvalue weighted by Crippen LogP contribution is -2.01. The number of aryl methyl sites for hydroxylation is 3. The number of pyridine rings is 1. The van der Waals surface area contributed by atoms with Gasteiger partial charge in [0.2, 0.25) is 0 Å². The molecule has 2 aromatic heterocycles. The van der Waals surface area contributed by atoms with Crippen LogP contribution in [0.2, 0.25) is 0 Å². The Bertz CT molecular complexity index is 1120. The van der Waals surface area contributed by atoms with E-state index in [1.54, 1.807) is 0 Å². The smallest absolute Gasteiger partial charge is 0.152 e. The minimum absolute atomic E-state index is 0.488. The van der Waals surface area contributed by atoms with Crippen LogP contribution in [0.1, 0.15) is 37.6 Å². The summed E-state index contributed by atoms with van der Waals surface area (Å²) in [5, 5.41) is 1.03. The molecule has 5 nitrogen and oxygen atoms in total. The minimum Gasteiger partial charge on any atom is -0.494 e. The Balaban J connectivity index is 1.57. The maximum atomic E-state index is 6.21. The number of hydrogen-bond donors (Lipinski definition) is 1. The van der Waals surface area contributed by atoms with Crippen molar-refractivity contribution in [2.45, 2.75) is 39.0 Å². The van der Waals surface area contributed by atoms with E-state index < -0.39 is 0 Å². The molecule has 0 atom stereocenters. The normalized spacial score (nSPS) is 11.4. The molecule has 0 aliphatic rings. The molecule has 150 valence electrons. The van der Waals surface area contributed by atoms with Crippen LogP contribution >= 0.6 is 0 Å². The van der Waals surface area contributed by atoms with Gasteiger partial charge >= 0.3 is 0 Å². The molecule has 2 aromatic carbocycles. The van der Waals surface area contributed by atoms with E-state index in [0.717, 1.165) is 65.6 Å². The van der Waals surface area contributed by atoms with Gasteiger partial charge in [-0.15, -0.1) is 0 Å². The lowest BCUT2D eigenvalue weighted by atomic mass is 10.1. The van der Waals surface area contributed by atoms with Crippen molar-refractivity contribution in [2.24, 2.45) is 7.05 Å². The molecule has 29 heavy (non-hydrogen) atoms. The van der Waals surface area contributed by atoms with Crippen LogP contribution in [0.15, 0.2) is 48.5 Å². The monoisotopic (exact) mass is 388 g/mol. The van der Waals surface area contributed by atoms with Gasteiger partial charge in [0.05, 0.1) is 17.6 Å². The number of anilines is 1. The van der Waals surface area contributed by atoms with Crippen LogP contribution in [0.4, 0.5) is 5.82 Å². The fourth-order valence-electron chi connectivity index (χ4n) is 3.78. The van der Waals surface area contributed by atoms with Gasteiger partial charge in [0.1, 0.15) is 17.1 Å². The number of fused-ring (bicyclic) bond motifs is 3. The average Bonchev–Trinajstić information content (AvgIpc) is 3.08. The number of benzene rings is 2. The molecule has 0 aliphatic carbocycles. The van der Waals surface area contributed by atoms with Gasteiger partial charge < -0.3 is 15.0 Å². The zero-order chi connectivity index (χ0) is 20.2. The number of hydrogen-bond acceptors (Lipinski definition) is 4. The number of nitrogen functional groups attached to an aromatic ring is 1. The van der Waals surface area contributed by atoms with Crippen LogP contribution in [-0.4, -0.2) is 21.1 Å². The first-order chi connectivity index (χ1) is 14.2. The second-order valence-electron chi connectivity index (χ2n) is 7.50. The van der Waals surface area contributed by atoms with E-state index in [4.69, 9.17) is 15.5 Å². The van der Waals surface area contributed by atoms with E-state index in [0.29, 0.717) is 12.4 Å². The lowest BCUT2D eigenvalue weighted by molar-refractivity contribution is 0.311. The van der Waals surface area contributed by atoms with Gasteiger partial charge in [0.15, 0.2) is 5.82 Å². The molecule has 0 aliphatic heterocycles. The Hall–Kier alpha value is -3.08. The lowest BCUT2D eigenvalue weighted by Gasteiger charge is -2.09. The maximum absolute atomic E-state index is 6.21. The molecule has 2 N–H and O–H groups in total. The second kappa shape index (κ2) is 8.52. The predicted octanol–water partition coefficient (Wildman–Crippen LogP) is 5.06. The Labute approximate surface area is 171 Å². The van der Waals surface area contributed by atoms with Crippen molar-refractivity contribution in [2.75, 3.05) is 12.3 Å². The highest BCUT2D eigenvalue weighted by Crippen LogP contribution is 2.31. The fourth-order valence-corrected chi connectivity index (χ4v) is 3.78. The molecule has 0 bridgehead atoms. The number of rotatable bonds is 8. The SMILES string of the molecule is CCCCc1nc2c(N)nc3ccc(OCCCc4ccccc4)cc3c2n1C. The van der Waals surface area contributed by atoms with Gasteiger partial charge in [-0.05, 0) is 43.0 Å². The molecule has 4 rings (SSSR count). The first-order valence-corrected chi connectivity index (χ1v) is 10.4. The third-order valence-electron chi connectivity index (χ3n) is 5.37. The fraction of sp³-hybridized carbons (Fsp3) is 0.333. The summed E-state index contributed by atoms with van der Waals surface area (Å²) < 4.78 is 8.20. The molecule has 0 saturated heterocycles. The van der Waals surface area contributed by atoms with Crippen LogP contribution in [0.25, 0.3) is 21.9 Å². The second-order valence-corrected chi connectivity index (χ2v) is 7.50. The molecule has 0 fully saturated rings. The zero-order valence-corrected chi connectivity index (χ0v) is 17.2. The highest BCUT2D eigenvalue weighted by Gasteiger charge is 2.15. The molecule has 0 unspecified atom stereocenters. The average molecular weight is 389 g/mol. The number of unbranched alkanes of at least 4 members (excludes halogenated alkanes) is 1. The first-order valence-electron chi connectivity index (χ1n) is 10.4. The summed E-state index contributed by atoms with van der Waals surface area (Å²) in [6, 6.07) is 16.5. The van der Waals surface area contributed by atoms with Crippen molar-refractivity contribution in [1.29, 1.82) is 0 Å². The van der Waals surface area contributed by atoms with Gasteiger partial charge in [-0.25, -0.2) is 9.97 Å². The quantitative estimate of drug-likeness (QED) is 0.429. The van der Waals surface area contributed by atoms with Gasteiger partial charge in [-0.2, -0.15) is 0 Å². The number of ether oxygens (including phenoxy) is 1. The summed E-state index contributed by atoms with van der Waals surface area (Å²) in [5.41, 5.74) is 10.2. The standard InChI is InChI=1S/C24H28N4O/c1-3-4-12-21-27-22-23(28(21)2)19-16-18(13-14-20(19)26-24(22)25)29-15-8-11-17-9-6-5-7-10-17/h5-7,9-10,13-14,16H,3-4,8,11-12,15H2,1-2H3,(H2,25,26). The molecule has 0 saturated carbocycles. The van der Waals surface area contributed by atoms with Crippen molar-refractivity contribution in [1.82, 2.24) is 14.5 Å². The minimum atomic E-state index is 0.488. The molecule has 0 radical (unpaired) electrons. The van der Waals surface area contributed by atoms with Crippen LogP contribution in [0.5, 0.6) is 5.75 Å². The summed E-state index contributed by atoms with van der Waals surface area (Å²) >= 11 is 0. The van der Waals surface area contributed by atoms with Crippen LogP contribution < -0.4 is 10.5 Å². The summed E-state index contributed by atoms with van der Waals surface area (Å²) in [6.45, 7) is 2.87. The number of aromatic nitrogens is 3. The summed E-state index contributed by atoms with van der Waals surface area (Å²) in [7, 11) is 2.06. The Morgan fingerprint density at radius 3 is 2.62 bits per heavy atom. The van der Waals surface area contributed by atoms with E-state index in [-0.39, 0.29) is 0 Å². The van der Waals surface area contributed by atoms with E-state index in [2.05, 4.69) is 53.9 Å². The molecular weight excluding hydrogens is 360 g/mol. The maximum Gasteiger partial charge on any atom is 0.152 e. The van der Waals surface area contributed by atoms with Crippen molar-refractivity contribution < 1.29 is 4.74 Å². The first kappa shape index (κ1) is 19.2. The summed E-state index contributed by atoms with van der Waals surface area (Å²) in [5.74, 6) is 2.40. The number of nitrogens with zero attached hydrogens (tertiary/aromatic N) is 3. The molecule has 0 spiro atoms. The summed E-state index contributed by atoms with van der Waals surface area (Å²) in [6.07, 6.45) is 5.18. The zero-order valence-electron chi connectivity index (χ0n) is 17.2. The van der Waals surface area contributed by atoms with E-state index in [1.807, 2.05) is 18.2 Å². The molecular formula is C24H28N4O. The van der Waals surface area contributed by atoms with Gasteiger partial charge in [0, 0.05) is 18.9 Å². The van der Waals surface area contributed by atoms with E-state index >= 15 is 0 Å². The molecule has 0 amide bonds. The molecule has 4 aromatic rings.